The molecule has 138 valence electrons. The average molecular weight is 369 g/mol. The van der Waals surface area contributed by atoms with E-state index >= 15 is 0 Å². The van der Waals surface area contributed by atoms with Crippen LogP contribution in [0, 0.1) is 0 Å². The Morgan fingerprint density at radius 1 is 0.960 bits per heavy atom. The minimum absolute atomic E-state index is 0. The highest BCUT2D eigenvalue weighted by Crippen LogP contribution is 2.15. The first kappa shape index (κ1) is 20.9. The molecular formula is C17H25ClN4O3. The zero-order chi connectivity index (χ0) is 17.4. The molecular weight excluding hydrogens is 344 g/mol. The number of nitrogens with zero attached hydrogens (tertiary/aromatic N) is 1. The van der Waals surface area contributed by atoms with E-state index in [0.717, 1.165) is 25.9 Å². The normalized spacial score (nSPS) is 14.0. The number of benzene rings is 1. The lowest BCUT2D eigenvalue weighted by atomic mass is 10.1. The number of carbonyl (C=O) groups is 3. The van der Waals surface area contributed by atoms with Gasteiger partial charge in [0, 0.05) is 24.3 Å². The quantitative estimate of drug-likeness (QED) is 0.724. The molecule has 8 heteroatoms. The number of halogens is 1. The van der Waals surface area contributed by atoms with Gasteiger partial charge in [0.05, 0.1) is 13.1 Å². The van der Waals surface area contributed by atoms with E-state index in [4.69, 9.17) is 5.73 Å². The summed E-state index contributed by atoms with van der Waals surface area (Å²) in [5.41, 5.74) is 6.34. The molecule has 0 aromatic heterocycles. The van der Waals surface area contributed by atoms with Crippen molar-refractivity contribution in [3.63, 3.8) is 0 Å². The molecule has 25 heavy (non-hydrogen) atoms. The fourth-order valence-corrected chi connectivity index (χ4v) is 2.61. The maximum atomic E-state index is 12.5. The van der Waals surface area contributed by atoms with E-state index in [9.17, 15) is 14.4 Å². The van der Waals surface area contributed by atoms with Crippen LogP contribution in [-0.2, 0) is 9.59 Å². The predicted molar refractivity (Wildman–Crippen MR) is 98.8 cm³/mol. The number of likely N-dealkylation sites (tertiary alicyclic amines) is 1. The monoisotopic (exact) mass is 368 g/mol. The van der Waals surface area contributed by atoms with Crippen LogP contribution in [0.25, 0.3) is 0 Å². The van der Waals surface area contributed by atoms with E-state index in [1.54, 1.807) is 24.3 Å². The molecule has 0 radical (unpaired) electrons. The molecule has 1 aromatic rings. The van der Waals surface area contributed by atoms with Gasteiger partial charge in [-0.15, -0.1) is 12.4 Å². The molecule has 1 aliphatic heterocycles. The number of nitrogens with one attached hydrogen (secondary N) is 2. The third kappa shape index (κ3) is 6.72. The van der Waals surface area contributed by atoms with Crippen molar-refractivity contribution in [2.75, 3.05) is 31.5 Å². The second-order valence-corrected chi connectivity index (χ2v) is 5.81. The predicted octanol–water partition coefficient (Wildman–Crippen LogP) is 1.14. The Bertz CT molecular complexity index is 584. The highest BCUT2D eigenvalue weighted by atomic mass is 35.5. The molecule has 1 aliphatic rings. The minimum Gasteiger partial charge on any atom is -0.346 e. The number of anilines is 1. The number of carbonyl (C=O) groups excluding carboxylic acids is 3. The molecule has 0 saturated carbocycles. The van der Waals surface area contributed by atoms with Crippen LogP contribution in [0.5, 0.6) is 0 Å². The fraction of sp³-hybridized carbons (Fsp3) is 0.471. The first-order valence-electron chi connectivity index (χ1n) is 8.26. The van der Waals surface area contributed by atoms with Crippen molar-refractivity contribution < 1.29 is 14.4 Å². The Labute approximate surface area is 153 Å². The van der Waals surface area contributed by atoms with Gasteiger partial charge in [-0.2, -0.15) is 0 Å². The first-order chi connectivity index (χ1) is 11.6. The smallest absolute Gasteiger partial charge is 0.253 e. The van der Waals surface area contributed by atoms with Crippen LogP contribution in [0.2, 0.25) is 0 Å². The number of hydrogen-bond acceptors (Lipinski definition) is 4. The maximum Gasteiger partial charge on any atom is 0.253 e. The van der Waals surface area contributed by atoms with E-state index in [1.807, 2.05) is 4.90 Å². The van der Waals surface area contributed by atoms with Crippen LogP contribution < -0.4 is 16.4 Å². The summed E-state index contributed by atoms with van der Waals surface area (Å²) in [5.74, 6) is -0.697. The third-order valence-electron chi connectivity index (χ3n) is 3.94. The molecule has 1 heterocycles. The van der Waals surface area contributed by atoms with Crippen molar-refractivity contribution in [1.82, 2.24) is 10.2 Å². The largest absolute Gasteiger partial charge is 0.346 e. The van der Waals surface area contributed by atoms with Gasteiger partial charge in [-0.25, -0.2) is 0 Å². The van der Waals surface area contributed by atoms with Gasteiger partial charge < -0.3 is 21.3 Å². The first-order valence-corrected chi connectivity index (χ1v) is 8.26. The second kappa shape index (κ2) is 10.7. The maximum absolute atomic E-state index is 12.5. The van der Waals surface area contributed by atoms with Gasteiger partial charge in [0.25, 0.3) is 5.91 Å². The highest BCUT2D eigenvalue weighted by molar-refractivity contribution is 5.97. The van der Waals surface area contributed by atoms with Crippen LogP contribution in [0.4, 0.5) is 5.69 Å². The summed E-state index contributed by atoms with van der Waals surface area (Å²) in [5, 5.41) is 5.05. The topological polar surface area (TPSA) is 105 Å². The molecule has 0 bridgehead atoms. The van der Waals surface area contributed by atoms with Gasteiger partial charge in [0.15, 0.2) is 0 Å². The number of rotatable bonds is 5. The minimum atomic E-state index is -0.386. The van der Waals surface area contributed by atoms with Crippen LogP contribution >= 0.6 is 12.4 Å². The highest BCUT2D eigenvalue weighted by Gasteiger charge is 2.17. The lowest BCUT2D eigenvalue weighted by molar-refractivity contribution is -0.123. The lowest BCUT2D eigenvalue weighted by Crippen LogP contribution is -2.36. The Morgan fingerprint density at radius 3 is 2.12 bits per heavy atom. The van der Waals surface area contributed by atoms with Crippen molar-refractivity contribution in [1.29, 1.82) is 0 Å². The molecule has 7 nitrogen and oxygen atoms in total. The van der Waals surface area contributed by atoms with Crippen molar-refractivity contribution in [3.8, 4) is 0 Å². The molecule has 0 aliphatic carbocycles. The Balaban J connectivity index is 0.00000312. The molecule has 0 unspecified atom stereocenters. The summed E-state index contributed by atoms with van der Waals surface area (Å²) < 4.78 is 0. The standard InChI is InChI=1S/C17H24N4O3.ClH/c18-11-15(22)19-12-16(23)20-14-7-5-13(6-8-14)17(24)21-9-3-1-2-4-10-21;/h5-8H,1-4,9-12,18H2,(H,19,22)(H,20,23);1H. The van der Waals surface area contributed by atoms with Gasteiger partial charge in [0.2, 0.25) is 11.8 Å². The summed E-state index contributed by atoms with van der Waals surface area (Å²) >= 11 is 0. The van der Waals surface area contributed by atoms with E-state index in [2.05, 4.69) is 10.6 Å². The van der Waals surface area contributed by atoms with Crippen molar-refractivity contribution in [2.24, 2.45) is 5.73 Å². The second-order valence-electron chi connectivity index (χ2n) is 5.81. The molecule has 4 N–H and O–H groups in total. The van der Waals surface area contributed by atoms with Gasteiger partial charge in [-0.1, -0.05) is 12.8 Å². The summed E-state index contributed by atoms with van der Waals surface area (Å²) in [6.07, 6.45) is 4.45. The van der Waals surface area contributed by atoms with E-state index in [0.29, 0.717) is 11.3 Å². The molecule has 1 fully saturated rings. The van der Waals surface area contributed by atoms with Crippen molar-refractivity contribution >= 4 is 35.8 Å². The van der Waals surface area contributed by atoms with Crippen LogP contribution in [0.15, 0.2) is 24.3 Å². The number of nitrogens with two attached hydrogens (primary N) is 1. The SMILES string of the molecule is Cl.NCC(=O)NCC(=O)Nc1ccc(C(=O)N2CCCCCC2)cc1. The molecule has 1 saturated heterocycles. The molecule has 0 atom stereocenters. The Morgan fingerprint density at radius 2 is 1.56 bits per heavy atom. The third-order valence-corrected chi connectivity index (χ3v) is 3.94. The van der Waals surface area contributed by atoms with E-state index < -0.39 is 0 Å². The fourth-order valence-electron chi connectivity index (χ4n) is 2.61. The number of amides is 3. The summed E-state index contributed by atoms with van der Waals surface area (Å²) in [6.45, 7) is 1.32. The van der Waals surface area contributed by atoms with Crippen LogP contribution in [0.3, 0.4) is 0 Å². The van der Waals surface area contributed by atoms with E-state index in [1.165, 1.54) is 12.8 Å². The van der Waals surface area contributed by atoms with Gasteiger partial charge in [0.1, 0.15) is 0 Å². The van der Waals surface area contributed by atoms with E-state index in [-0.39, 0.29) is 43.2 Å². The summed E-state index contributed by atoms with van der Waals surface area (Å²) in [7, 11) is 0. The zero-order valence-corrected chi connectivity index (χ0v) is 14.9. The summed E-state index contributed by atoms with van der Waals surface area (Å²) in [6, 6.07) is 6.80. The van der Waals surface area contributed by atoms with Crippen LogP contribution in [-0.4, -0.2) is 48.8 Å². The van der Waals surface area contributed by atoms with Crippen LogP contribution in [0.1, 0.15) is 36.0 Å². The molecule has 3 amide bonds. The Hall–Kier alpha value is -2.12. The lowest BCUT2D eigenvalue weighted by Gasteiger charge is -2.20. The van der Waals surface area contributed by atoms with Gasteiger partial charge >= 0.3 is 0 Å². The average Bonchev–Trinajstić information content (AvgIpc) is 2.89. The number of hydrogen-bond donors (Lipinski definition) is 3. The Kier molecular flexibility index (Phi) is 8.94. The van der Waals surface area contributed by atoms with Crippen molar-refractivity contribution in [2.45, 2.75) is 25.7 Å². The zero-order valence-electron chi connectivity index (χ0n) is 14.1. The molecule has 1 aromatic carbocycles. The van der Waals surface area contributed by atoms with Crippen molar-refractivity contribution in [3.05, 3.63) is 29.8 Å². The summed E-state index contributed by atoms with van der Waals surface area (Å²) in [4.78, 5) is 37.1. The van der Waals surface area contributed by atoms with Gasteiger partial charge in [-0.05, 0) is 37.1 Å². The van der Waals surface area contributed by atoms with Gasteiger partial charge in [-0.3, -0.25) is 14.4 Å². The molecule has 0 spiro atoms. The molecule has 2 rings (SSSR count).